The number of hydrogen-bond acceptors (Lipinski definition) is 7. The van der Waals surface area contributed by atoms with Crippen LogP contribution in [0.5, 0.6) is 0 Å². The number of carbonyl (C=O) groups excluding carboxylic acids is 6. The molecule has 0 aliphatic heterocycles. The van der Waals surface area contributed by atoms with Gasteiger partial charge in [0.05, 0.1) is 11.3 Å². The van der Waals surface area contributed by atoms with Gasteiger partial charge in [-0.15, -0.1) is 0 Å². The van der Waals surface area contributed by atoms with Gasteiger partial charge < -0.3 is 53.7 Å². The van der Waals surface area contributed by atoms with Crippen LogP contribution >= 0.6 is 0 Å². The van der Waals surface area contributed by atoms with Crippen LogP contribution in [-0.2, 0) is 32.0 Å². The number of benzene rings is 4. The summed E-state index contributed by atoms with van der Waals surface area (Å²) in [7, 11) is 0. The van der Waals surface area contributed by atoms with Gasteiger partial charge in [-0.1, -0.05) is 104 Å². The van der Waals surface area contributed by atoms with E-state index in [9.17, 15) is 28.8 Å². The minimum Gasteiger partial charge on any atom is -0.370 e. The van der Waals surface area contributed by atoms with Gasteiger partial charge >= 0.3 is 6.03 Å². The summed E-state index contributed by atoms with van der Waals surface area (Å²) in [6, 6.07) is 28.8. The Kier molecular flexibility index (Phi) is 17.7. The first-order valence-corrected chi connectivity index (χ1v) is 23.2. The molecule has 0 saturated heterocycles. The zero-order valence-corrected chi connectivity index (χ0v) is 38.4. The highest BCUT2D eigenvalue weighted by atomic mass is 16.2. The number of fused-ring (bicyclic) bond motifs is 1. The van der Waals surface area contributed by atoms with Crippen LogP contribution in [-0.4, -0.2) is 83.3 Å². The quantitative estimate of drug-likeness (QED) is 0.0264. The van der Waals surface area contributed by atoms with Crippen molar-refractivity contribution in [2.24, 2.45) is 11.5 Å². The number of para-hydroxylation sites is 2. The third kappa shape index (κ3) is 13.7. The number of amides is 7. The van der Waals surface area contributed by atoms with Gasteiger partial charge in [0.25, 0.3) is 5.91 Å². The van der Waals surface area contributed by atoms with Gasteiger partial charge in [-0.2, -0.15) is 0 Å². The molecule has 1 aliphatic rings. The molecule has 5 aromatic rings. The second kappa shape index (κ2) is 24.2. The van der Waals surface area contributed by atoms with Crippen LogP contribution in [0.4, 0.5) is 10.5 Å². The zero-order chi connectivity index (χ0) is 48.5. The SMILES string of the molecule is CCCCNC(=O)N[C@]1(C(=O)N[C@H](Cc2ccccc2)C(=O)N[C@@H](CCCNC(=N)N)C(=O)N[C@@H](Cc2c[nH]c3ccccc23)C(=O)Nc2ccccc2C(N)=O)CC[C@H](c2ccccc2)CC1. The topological polar surface area (TPSA) is 278 Å². The smallest absolute Gasteiger partial charge is 0.315 e. The fourth-order valence-electron chi connectivity index (χ4n) is 8.67. The van der Waals surface area contributed by atoms with E-state index in [4.69, 9.17) is 16.9 Å². The van der Waals surface area contributed by atoms with Crippen LogP contribution < -0.4 is 48.7 Å². The van der Waals surface area contributed by atoms with Crippen molar-refractivity contribution >= 4 is 58.1 Å². The molecular formula is C51H63N11O6. The van der Waals surface area contributed by atoms with Gasteiger partial charge in [0, 0.05) is 43.0 Å². The van der Waals surface area contributed by atoms with Crippen molar-refractivity contribution < 1.29 is 28.8 Å². The molecule has 17 nitrogen and oxygen atoms in total. The fraction of sp³-hybridized carbons (Fsp3) is 0.353. The number of guanidine groups is 1. The molecule has 6 rings (SSSR count). The van der Waals surface area contributed by atoms with E-state index in [1.807, 2.05) is 79.7 Å². The number of aromatic nitrogens is 1. The van der Waals surface area contributed by atoms with Crippen molar-refractivity contribution in [2.75, 3.05) is 18.4 Å². The van der Waals surface area contributed by atoms with E-state index >= 15 is 0 Å². The van der Waals surface area contributed by atoms with Crippen LogP contribution in [0.1, 0.15) is 91.3 Å². The molecule has 0 bridgehead atoms. The number of aromatic amines is 1. The highest BCUT2D eigenvalue weighted by Crippen LogP contribution is 2.38. The summed E-state index contributed by atoms with van der Waals surface area (Å²) >= 11 is 0. The zero-order valence-electron chi connectivity index (χ0n) is 38.4. The first kappa shape index (κ1) is 49.7. The molecule has 17 heteroatoms. The number of carbonyl (C=O) groups is 6. The number of primary amides is 1. The molecule has 358 valence electrons. The van der Waals surface area contributed by atoms with Gasteiger partial charge in [0.2, 0.25) is 23.6 Å². The Morgan fingerprint density at radius 1 is 0.706 bits per heavy atom. The maximum atomic E-state index is 14.8. The van der Waals surface area contributed by atoms with Gasteiger partial charge in [-0.05, 0) is 85.8 Å². The highest BCUT2D eigenvalue weighted by Gasteiger charge is 2.45. The molecular weight excluding hydrogens is 863 g/mol. The Morgan fingerprint density at radius 3 is 2.03 bits per heavy atom. The fourth-order valence-corrected chi connectivity index (χ4v) is 8.67. The molecule has 1 aliphatic carbocycles. The summed E-state index contributed by atoms with van der Waals surface area (Å²) in [6.45, 7) is 2.64. The Labute approximate surface area is 396 Å². The summed E-state index contributed by atoms with van der Waals surface area (Å²) < 4.78 is 0. The summed E-state index contributed by atoms with van der Waals surface area (Å²) in [4.78, 5) is 87.2. The van der Waals surface area contributed by atoms with Crippen LogP contribution in [0.3, 0.4) is 0 Å². The molecule has 1 fully saturated rings. The van der Waals surface area contributed by atoms with Gasteiger partial charge in [-0.3, -0.25) is 29.4 Å². The van der Waals surface area contributed by atoms with Crippen molar-refractivity contribution in [1.82, 2.24) is 36.9 Å². The largest absolute Gasteiger partial charge is 0.370 e. The van der Waals surface area contributed by atoms with Gasteiger partial charge in [0.15, 0.2) is 5.96 Å². The molecule has 1 aromatic heterocycles. The Bertz CT molecular complexity index is 2520. The molecule has 4 aromatic carbocycles. The number of hydrogen-bond donors (Lipinski definition) is 11. The normalized spacial score (nSPS) is 16.8. The Balaban J connectivity index is 1.28. The van der Waals surface area contributed by atoms with Crippen LogP contribution in [0, 0.1) is 5.41 Å². The monoisotopic (exact) mass is 925 g/mol. The molecule has 0 unspecified atom stereocenters. The van der Waals surface area contributed by atoms with E-state index in [0.717, 1.165) is 40.4 Å². The standard InChI is InChI=1S/C51H63N11O6/c1-2-3-28-56-50(68)62-51(26-24-35(25-27-51)34-17-8-5-9-18-34)48(67)61-42(30-33-15-6-4-7-16-33)46(65)59-41(23-14-29-55-49(53)54)45(64)60-43(31-36-32-57-39-21-12-10-19-37(36)39)47(66)58-40-22-13-11-20-38(40)44(52)63/h4-13,15-22,32,35,41-43,57H,2-3,14,23-31H2,1H3,(H2,52,63)(H,58,66)(H,59,65)(H,60,64)(H,61,67)(H4,53,54,55)(H2,56,62,68)/t35-,41-,42+,43-,51+/m0/s1. The van der Waals surface area contributed by atoms with Crippen molar-refractivity contribution in [1.29, 1.82) is 5.41 Å². The van der Waals surface area contributed by atoms with Gasteiger partial charge in [0.1, 0.15) is 23.7 Å². The molecule has 3 atom stereocenters. The van der Waals surface area contributed by atoms with Crippen LogP contribution in [0.15, 0.2) is 115 Å². The minimum atomic E-state index is -1.35. The molecule has 0 spiro atoms. The van der Waals surface area contributed by atoms with Crippen molar-refractivity contribution in [3.8, 4) is 0 Å². The third-order valence-electron chi connectivity index (χ3n) is 12.4. The molecule has 68 heavy (non-hydrogen) atoms. The first-order chi connectivity index (χ1) is 32.9. The Morgan fingerprint density at radius 2 is 1.32 bits per heavy atom. The summed E-state index contributed by atoms with van der Waals surface area (Å²) in [5.41, 5.74) is 13.5. The van der Waals surface area contributed by atoms with E-state index in [1.165, 1.54) is 12.1 Å². The van der Waals surface area contributed by atoms with Crippen molar-refractivity contribution in [2.45, 2.75) is 101 Å². The van der Waals surface area contributed by atoms with E-state index in [-0.39, 0.29) is 55.4 Å². The maximum Gasteiger partial charge on any atom is 0.315 e. The average molecular weight is 926 g/mol. The van der Waals surface area contributed by atoms with E-state index in [0.29, 0.717) is 32.2 Å². The van der Waals surface area contributed by atoms with Crippen molar-refractivity contribution in [3.63, 3.8) is 0 Å². The van der Waals surface area contributed by atoms with Crippen LogP contribution in [0.2, 0.25) is 0 Å². The molecule has 1 heterocycles. The predicted molar refractivity (Wildman–Crippen MR) is 263 cm³/mol. The van der Waals surface area contributed by atoms with Crippen molar-refractivity contribution in [3.05, 3.63) is 138 Å². The highest BCUT2D eigenvalue weighted by molar-refractivity contribution is 6.05. The molecule has 0 radical (unpaired) electrons. The number of nitrogens with two attached hydrogens (primary N) is 2. The number of unbranched alkanes of at least 4 members (excludes halogenated alkanes) is 1. The lowest BCUT2D eigenvalue weighted by Crippen LogP contribution is -2.65. The molecule has 1 saturated carbocycles. The predicted octanol–water partition coefficient (Wildman–Crippen LogP) is 4.60. The minimum absolute atomic E-state index is 0.0196. The number of H-pyrrole nitrogens is 1. The van der Waals surface area contributed by atoms with Crippen LogP contribution in [0.25, 0.3) is 10.9 Å². The lowest BCUT2D eigenvalue weighted by molar-refractivity contribution is -0.135. The number of nitrogens with one attached hydrogen (secondary N) is 9. The number of rotatable bonds is 22. The van der Waals surface area contributed by atoms with Gasteiger partial charge in [-0.25, -0.2) is 4.79 Å². The van der Waals surface area contributed by atoms with E-state index in [2.05, 4.69) is 54.3 Å². The first-order valence-electron chi connectivity index (χ1n) is 23.2. The van der Waals surface area contributed by atoms with E-state index < -0.39 is 59.2 Å². The lowest BCUT2D eigenvalue weighted by atomic mass is 9.73. The summed E-state index contributed by atoms with van der Waals surface area (Å²) in [6.07, 6.45) is 5.62. The maximum absolute atomic E-state index is 14.8. The summed E-state index contributed by atoms with van der Waals surface area (Å²) in [5.74, 6) is -3.40. The lowest BCUT2D eigenvalue weighted by Gasteiger charge is -2.40. The number of urea groups is 1. The second-order valence-corrected chi connectivity index (χ2v) is 17.3. The average Bonchev–Trinajstić information content (AvgIpc) is 3.75. The Hall–Kier alpha value is -7.69. The second-order valence-electron chi connectivity index (χ2n) is 17.3. The number of anilines is 1. The molecule has 13 N–H and O–H groups in total. The summed E-state index contributed by atoms with van der Waals surface area (Å²) in [5, 5.41) is 28.6. The van der Waals surface area contributed by atoms with E-state index in [1.54, 1.807) is 18.3 Å². The molecule has 7 amide bonds. The third-order valence-corrected chi connectivity index (χ3v) is 12.4.